The summed E-state index contributed by atoms with van der Waals surface area (Å²) in [5, 5.41) is 9.27. The largest absolute Gasteiger partial charge is 0.497 e. The summed E-state index contributed by atoms with van der Waals surface area (Å²) in [4.78, 5) is 45.5. The van der Waals surface area contributed by atoms with Gasteiger partial charge in [0.15, 0.2) is 0 Å². The van der Waals surface area contributed by atoms with Crippen LogP contribution in [-0.4, -0.2) is 35.6 Å². The molecule has 3 aromatic carbocycles. The average molecular weight is 497 g/mol. The Morgan fingerprint density at radius 2 is 1.68 bits per heavy atom. The molecule has 3 atom stereocenters. The van der Waals surface area contributed by atoms with E-state index >= 15 is 0 Å². The lowest BCUT2D eigenvalue weighted by atomic mass is 9.72. The molecule has 5 rings (SSSR count). The van der Waals surface area contributed by atoms with Gasteiger partial charge >= 0.3 is 5.97 Å². The number of anilines is 1. The van der Waals surface area contributed by atoms with Gasteiger partial charge in [-0.05, 0) is 47.7 Å². The van der Waals surface area contributed by atoms with Gasteiger partial charge in [-0.1, -0.05) is 54.6 Å². The van der Waals surface area contributed by atoms with E-state index in [4.69, 9.17) is 9.73 Å². The fourth-order valence-electron chi connectivity index (χ4n) is 5.45. The summed E-state index contributed by atoms with van der Waals surface area (Å²) in [7, 11) is 1.57. The third-order valence-corrected chi connectivity index (χ3v) is 7.14. The molecule has 0 radical (unpaired) electrons. The number of aliphatic carboxylic acids is 1. The number of para-hydroxylation sites is 2. The topological polar surface area (TPSA) is 96.3 Å². The molecule has 7 nitrogen and oxygen atoms in total. The highest BCUT2D eigenvalue weighted by Crippen LogP contribution is 2.47. The molecule has 1 N–H and O–H groups in total. The first-order valence-corrected chi connectivity index (χ1v) is 12.4. The normalized spacial score (nSPS) is 20.8. The fourth-order valence-corrected chi connectivity index (χ4v) is 5.45. The molecule has 1 aliphatic heterocycles. The second-order valence-corrected chi connectivity index (χ2v) is 9.43. The Hall–Kier alpha value is -4.26. The Labute approximate surface area is 215 Å². The number of rotatable bonds is 6. The first-order chi connectivity index (χ1) is 18.0. The average Bonchev–Trinajstić information content (AvgIpc) is 3.07. The van der Waals surface area contributed by atoms with Crippen molar-refractivity contribution >= 4 is 34.7 Å². The minimum atomic E-state index is -1.05. The van der Waals surface area contributed by atoms with Gasteiger partial charge in [0.25, 0.3) is 0 Å². The van der Waals surface area contributed by atoms with E-state index < -0.39 is 17.9 Å². The Balaban J connectivity index is 1.67. The lowest BCUT2D eigenvalue weighted by Crippen LogP contribution is -2.45. The van der Waals surface area contributed by atoms with Crippen LogP contribution in [0.4, 0.5) is 11.4 Å². The van der Waals surface area contributed by atoms with Crippen LogP contribution in [-0.2, 0) is 14.4 Å². The van der Waals surface area contributed by atoms with Crippen LogP contribution in [0.5, 0.6) is 5.75 Å². The molecule has 7 heteroatoms. The maximum absolute atomic E-state index is 13.9. The lowest BCUT2D eigenvalue weighted by molar-refractivity contribution is -0.138. The predicted molar refractivity (Wildman–Crippen MR) is 141 cm³/mol. The molecule has 188 valence electrons. The van der Waals surface area contributed by atoms with Crippen LogP contribution in [0, 0.1) is 5.92 Å². The maximum atomic E-state index is 13.9. The molecule has 0 saturated heterocycles. The SMILES string of the molecule is COc1cccc([C@@H]2[C@H]3C(=O)C[C@@H](c4ccccc4)CC3=Nc3ccccc3N2C(=O)CCC(=O)O)c1. The summed E-state index contributed by atoms with van der Waals surface area (Å²) in [5.41, 5.74) is 3.72. The number of amides is 1. The van der Waals surface area contributed by atoms with Gasteiger partial charge < -0.3 is 14.7 Å². The molecule has 0 unspecified atom stereocenters. The van der Waals surface area contributed by atoms with Crippen molar-refractivity contribution in [2.75, 3.05) is 12.0 Å². The van der Waals surface area contributed by atoms with Gasteiger partial charge in [-0.3, -0.25) is 19.4 Å². The van der Waals surface area contributed by atoms with Crippen LogP contribution in [0.3, 0.4) is 0 Å². The molecule has 1 aliphatic carbocycles. The zero-order valence-electron chi connectivity index (χ0n) is 20.5. The van der Waals surface area contributed by atoms with Crippen molar-refractivity contribution in [1.82, 2.24) is 0 Å². The monoisotopic (exact) mass is 496 g/mol. The summed E-state index contributed by atoms with van der Waals surface area (Å²) in [6, 6.07) is 24.0. The van der Waals surface area contributed by atoms with Crippen molar-refractivity contribution in [1.29, 1.82) is 0 Å². The van der Waals surface area contributed by atoms with E-state index in [1.807, 2.05) is 78.9 Å². The van der Waals surface area contributed by atoms with Crippen LogP contribution < -0.4 is 9.64 Å². The number of carbonyl (C=O) groups excluding carboxylic acids is 2. The Kier molecular flexibility index (Phi) is 6.86. The summed E-state index contributed by atoms with van der Waals surface area (Å²) in [6.07, 6.45) is 0.436. The molecular formula is C30H28N2O5. The third-order valence-electron chi connectivity index (χ3n) is 7.14. The molecule has 2 aliphatic rings. The van der Waals surface area contributed by atoms with Crippen molar-refractivity contribution in [3.05, 3.63) is 90.0 Å². The van der Waals surface area contributed by atoms with Gasteiger partial charge in [0.2, 0.25) is 5.91 Å². The molecule has 1 heterocycles. The highest BCUT2D eigenvalue weighted by atomic mass is 16.5. The van der Waals surface area contributed by atoms with E-state index in [0.717, 1.165) is 16.8 Å². The molecule has 1 fully saturated rings. The number of carboxylic acids is 1. The van der Waals surface area contributed by atoms with E-state index in [1.54, 1.807) is 12.0 Å². The van der Waals surface area contributed by atoms with Gasteiger partial charge in [-0.25, -0.2) is 0 Å². The molecule has 0 aromatic heterocycles. The van der Waals surface area contributed by atoms with E-state index in [1.165, 1.54) is 0 Å². The van der Waals surface area contributed by atoms with Crippen molar-refractivity contribution in [2.45, 2.75) is 37.6 Å². The summed E-state index contributed by atoms with van der Waals surface area (Å²) >= 11 is 0. The minimum Gasteiger partial charge on any atom is -0.497 e. The highest BCUT2D eigenvalue weighted by Gasteiger charge is 2.46. The van der Waals surface area contributed by atoms with Crippen molar-refractivity contribution in [3.63, 3.8) is 0 Å². The number of benzene rings is 3. The predicted octanol–water partition coefficient (Wildman–Crippen LogP) is 5.48. The number of nitrogens with zero attached hydrogens (tertiary/aromatic N) is 2. The van der Waals surface area contributed by atoms with Gasteiger partial charge in [0.1, 0.15) is 11.5 Å². The molecule has 3 aromatic rings. The van der Waals surface area contributed by atoms with Gasteiger partial charge in [0, 0.05) is 18.6 Å². The smallest absolute Gasteiger partial charge is 0.303 e. The molecule has 37 heavy (non-hydrogen) atoms. The molecular weight excluding hydrogens is 468 g/mol. The number of carbonyl (C=O) groups is 3. The lowest BCUT2D eigenvalue weighted by Gasteiger charge is -2.39. The molecule has 0 bridgehead atoms. The number of ether oxygens (including phenoxy) is 1. The number of fused-ring (bicyclic) bond motifs is 2. The molecule has 1 amide bonds. The number of Topliss-reactive ketones (excluding diaryl/α,β-unsaturated/α-hetero) is 1. The quantitative estimate of drug-likeness (QED) is 0.487. The van der Waals surface area contributed by atoms with Crippen LogP contribution in [0.2, 0.25) is 0 Å². The molecule has 0 spiro atoms. The van der Waals surface area contributed by atoms with Crippen LogP contribution in [0.15, 0.2) is 83.9 Å². The standard InChI is InChI=1S/C30H28N2O5/c1-37-22-11-7-10-20(16-22)30-29-24(17-21(18-26(29)33)19-8-3-2-4-9-19)31-23-12-5-6-13-25(23)32(30)27(34)14-15-28(35)36/h2-13,16,21,29-30H,14-15,17-18H2,1H3,(H,35,36)/t21-,29+,30+/m0/s1. The third kappa shape index (κ3) is 4.89. The van der Waals surface area contributed by atoms with Crippen molar-refractivity contribution in [3.8, 4) is 5.75 Å². The number of carboxylic acid groups (broad SMARTS) is 1. The van der Waals surface area contributed by atoms with Crippen LogP contribution in [0.1, 0.15) is 48.8 Å². The second-order valence-electron chi connectivity index (χ2n) is 9.43. The molecule has 1 saturated carbocycles. The van der Waals surface area contributed by atoms with Gasteiger partial charge in [0.05, 0.1) is 36.9 Å². The summed E-state index contributed by atoms with van der Waals surface area (Å²) < 4.78 is 5.46. The number of aliphatic imine (C=N–C) groups is 1. The second kappa shape index (κ2) is 10.4. The van der Waals surface area contributed by atoms with Gasteiger partial charge in [-0.15, -0.1) is 0 Å². The zero-order valence-corrected chi connectivity index (χ0v) is 20.5. The van der Waals surface area contributed by atoms with E-state index in [2.05, 4.69) is 0 Å². The van der Waals surface area contributed by atoms with Crippen molar-refractivity contribution < 1.29 is 24.2 Å². The summed E-state index contributed by atoms with van der Waals surface area (Å²) in [6.45, 7) is 0. The Bertz CT molecular complexity index is 1370. The first kappa shape index (κ1) is 24.4. The maximum Gasteiger partial charge on any atom is 0.303 e. The van der Waals surface area contributed by atoms with Gasteiger partial charge in [-0.2, -0.15) is 0 Å². The highest BCUT2D eigenvalue weighted by molar-refractivity contribution is 6.13. The summed E-state index contributed by atoms with van der Waals surface area (Å²) in [5.74, 6) is -1.46. The van der Waals surface area contributed by atoms with E-state index in [0.29, 0.717) is 30.0 Å². The minimum absolute atomic E-state index is 0.00363. The van der Waals surface area contributed by atoms with E-state index in [9.17, 15) is 19.5 Å². The zero-order chi connectivity index (χ0) is 25.9. The van der Waals surface area contributed by atoms with Crippen molar-refractivity contribution in [2.24, 2.45) is 10.9 Å². The number of ketones is 1. The Morgan fingerprint density at radius 1 is 0.946 bits per heavy atom. The first-order valence-electron chi connectivity index (χ1n) is 12.4. The van der Waals surface area contributed by atoms with Crippen LogP contribution >= 0.6 is 0 Å². The number of hydrogen-bond acceptors (Lipinski definition) is 5. The van der Waals surface area contributed by atoms with E-state index in [-0.39, 0.29) is 30.4 Å². The fraction of sp³-hybridized carbons (Fsp3) is 0.267. The van der Waals surface area contributed by atoms with Crippen LogP contribution in [0.25, 0.3) is 0 Å². The Morgan fingerprint density at radius 3 is 2.43 bits per heavy atom. The number of hydrogen-bond donors (Lipinski definition) is 1. The number of methoxy groups -OCH3 is 1.